The molecule has 1 heterocycles. The van der Waals surface area contributed by atoms with Crippen molar-refractivity contribution in [2.24, 2.45) is 0 Å². The van der Waals surface area contributed by atoms with Crippen LogP contribution in [0.5, 0.6) is 0 Å². The van der Waals surface area contributed by atoms with E-state index < -0.39 is 9.84 Å². The van der Waals surface area contributed by atoms with E-state index in [0.717, 1.165) is 32.2 Å². The predicted octanol–water partition coefficient (Wildman–Crippen LogP) is 6.45. The molecule has 0 saturated carbocycles. The predicted molar refractivity (Wildman–Crippen MR) is 122 cm³/mol. The molecule has 3 aromatic carbocycles. The molecule has 0 fully saturated rings. The van der Waals surface area contributed by atoms with Gasteiger partial charge in [0.2, 0.25) is 0 Å². The van der Waals surface area contributed by atoms with Gasteiger partial charge in [-0.05, 0) is 47.5 Å². The van der Waals surface area contributed by atoms with Gasteiger partial charge in [0.15, 0.2) is 14.2 Å². The minimum atomic E-state index is -3.30. The first-order valence-corrected chi connectivity index (χ1v) is 12.9. The lowest BCUT2D eigenvalue weighted by Gasteiger charge is -2.04. The van der Waals surface area contributed by atoms with E-state index in [0.29, 0.717) is 11.4 Å². The number of rotatable bonds is 6. The maximum atomic E-state index is 13.5. The molecule has 3 nitrogen and oxygen atoms in total. The largest absolute Gasteiger partial charge is 0.229 e. The van der Waals surface area contributed by atoms with E-state index in [1.807, 2.05) is 6.07 Å². The Morgan fingerprint density at radius 3 is 2.23 bits per heavy atom. The number of thiazole rings is 1. The summed E-state index contributed by atoms with van der Waals surface area (Å²) in [7, 11) is -3.30. The van der Waals surface area contributed by atoms with Gasteiger partial charge in [-0.1, -0.05) is 48.2 Å². The SMILES string of the molecule is CS(=O)(=O)c1ccc(-c2nc(SCc3cccc(F)c3)sc2-c2ccc(F)cc2)cc1. The van der Waals surface area contributed by atoms with Gasteiger partial charge < -0.3 is 0 Å². The van der Waals surface area contributed by atoms with Crippen molar-refractivity contribution in [3.8, 4) is 21.7 Å². The van der Waals surface area contributed by atoms with Crippen molar-refractivity contribution in [2.45, 2.75) is 15.0 Å². The average Bonchev–Trinajstić information content (AvgIpc) is 3.17. The Morgan fingerprint density at radius 1 is 0.903 bits per heavy atom. The van der Waals surface area contributed by atoms with Crippen LogP contribution in [0.3, 0.4) is 0 Å². The van der Waals surface area contributed by atoms with Crippen LogP contribution >= 0.6 is 23.1 Å². The molecule has 0 aliphatic carbocycles. The van der Waals surface area contributed by atoms with Gasteiger partial charge >= 0.3 is 0 Å². The number of nitrogens with zero attached hydrogens (tertiary/aromatic N) is 1. The van der Waals surface area contributed by atoms with Gasteiger partial charge in [0, 0.05) is 17.6 Å². The molecular formula is C23H17F2NO2S3. The van der Waals surface area contributed by atoms with Gasteiger partial charge in [-0.3, -0.25) is 0 Å². The van der Waals surface area contributed by atoms with Crippen molar-refractivity contribution < 1.29 is 17.2 Å². The van der Waals surface area contributed by atoms with E-state index in [1.165, 1.54) is 47.4 Å². The Labute approximate surface area is 187 Å². The molecule has 0 atom stereocenters. The zero-order valence-corrected chi connectivity index (χ0v) is 18.8. The zero-order chi connectivity index (χ0) is 22.0. The van der Waals surface area contributed by atoms with E-state index in [9.17, 15) is 17.2 Å². The Hall–Kier alpha value is -2.55. The van der Waals surface area contributed by atoms with Crippen LogP contribution in [0.25, 0.3) is 21.7 Å². The lowest BCUT2D eigenvalue weighted by atomic mass is 10.1. The molecular weight excluding hydrogens is 456 g/mol. The molecule has 0 aliphatic rings. The summed E-state index contributed by atoms with van der Waals surface area (Å²) >= 11 is 2.95. The van der Waals surface area contributed by atoms with Crippen LogP contribution in [0.2, 0.25) is 0 Å². The van der Waals surface area contributed by atoms with Crippen molar-refractivity contribution in [2.75, 3.05) is 6.26 Å². The fraction of sp³-hybridized carbons (Fsp3) is 0.0870. The van der Waals surface area contributed by atoms with Gasteiger partial charge in [-0.2, -0.15) is 0 Å². The van der Waals surface area contributed by atoms with Crippen LogP contribution in [-0.4, -0.2) is 19.7 Å². The van der Waals surface area contributed by atoms with Gasteiger partial charge in [0.05, 0.1) is 15.5 Å². The van der Waals surface area contributed by atoms with Crippen LogP contribution in [-0.2, 0) is 15.6 Å². The summed E-state index contributed by atoms with van der Waals surface area (Å²) < 4.78 is 51.2. The number of sulfone groups is 1. The van der Waals surface area contributed by atoms with Crippen LogP contribution in [0.4, 0.5) is 8.78 Å². The third kappa shape index (κ3) is 5.20. The number of hydrogen-bond acceptors (Lipinski definition) is 5. The quantitative estimate of drug-likeness (QED) is 0.302. The number of aromatic nitrogens is 1. The summed E-state index contributed by atoms with van der Waals surface area (Å²) in [5.74, 6) is -0.0513. The fourth-order valence-electron chi connectivity index (χ4n) is 2.99. The molecule has 158 valence electrons. The highest BCUT2D eigenvalue weighted by molar-refractivity contribution is 8.00. The summed E-state index contributed by atoms with van der Waals surface area (Å²) in [6, 6.07) is 19.2. The van der Waals surface area contributed by atoms with Crippen LogP contribution in [0.15, 0.2) is 82.0 Å². The topological polar surface area (TPSA) is 47.0 Å². The number of halogens is 2. The summed E-state index contributed by atoms with van der Waals surface area (Å²) in [4.78, 5) is 5.84. The van der Waals surface area contributed by atoms with Gasteiger partial charge in [0.1, 0.15) is 11.6 Å². The fourth-order valence-corrected chi connectivity index (χ4v) is 5.73. The van der Waals surface area contributed by atoms with Crippen LogP contribution in [0.1, 0.15) is 5.56 Å². The lowest BCUT2D eigenvalue weighted by molar-refractivity contribution is 0.602. The van der Waals surface area contributed by atoms with E-state index in [2.05, 4.69) is 0 Å². The molecule has 1 aromatic heterocycles. The summed E-state index contributed by atoms with van der Waals surface area (Å²) in [5, 5.41) is 0. The molecule has 8 heteroatoms. The number of benzene rings is 3. The first-order chi connectivity index (χ1) is 14.8. The maximum Gasteiger partial charge on any atom is 0.175 e. The summed E-state index contributed by atoms with van der Waals surface area (Å²) in [6.07, 6.45) is 1.16. The number of thioether (sulfide) groups is 1. The lowest BCUT2D eigenvalue weighted by Crippen LogP contribution is -1.96. The van der Waals surface area contributed by atoms with Crippen LogP contribution in [0, 0.1) is 11.6 Å². The van der Waals surface area contributed by atoms with Crippen molar-refractivity contribution in [1.82, 2.24) is 4.98 Å². The molecule has 0 unspecified atom stereocenters. The van der Waals surface area contributed by atoms with E-state index in [4.69, 9.17) is 4.98 Å². The van der Waals surface area contributed by atoms with Gasteiger partial charge in [-0.15, -0.1) is 11.3 Å². The molecule has 4 rings (SSSR count). The van der Waals surface area contributed by atoms with E-state index in [-0.39, 0.29) is 16.5 Å². The highest BCUT2D eigenvalue weighted by Gasteiger charge is 2.17. The minimum absolute atomic E-state index is 0.232. The van der Waals surface area contributed by atoms with E-state index in [1.54, 1.807) is 42.5 Å². The minimum Gasteiger partial charge on any atom is -0.229 e. The van der Waals surface area contributed by atoms with Crippen molar-refractivity contribution >= 4 is 32.9 Å². The first-order valence-electron chi connectivity index (χ1n) is 9.24. The first kappa shape index (κ1) is 21.7. The van der Waals surface area contributed by atoms with Gasteiger partial charge in [0.25, 0.3) is 0 Å². The molecule has 4 aromatic rings. The number of hydrogen-bond donors (Lipinski definition) is 0. The normalized spacial score (nSPS) is 11.6. The van der Waals surface area contributed by atoms with E-state index >= 15 is 0 Å². The molecule has 0 saturated heterocycles. The van der Waals surface area contributed by atoms with Crippen molar-refractivity contribution in [1.29, 1.82) is 0 Å². The summed E-state index contributed by atoms with van der Waals surface area (Å²) in [6.45, 7) is 0. The second-order valence-corrected chi connectivity index (χ2v) is 11.1. The molecule has 0 aliphatic heterocycles. The Balaban J connectivity index is 1.71. The molecule has 0 N–H and O–H groups in total. The highest BCUT2D eigenvalue weighted by Crippen LogP contribution is 2.41. The smallest absolute Gasteiger partial charge is 0.175 e. The highest BCUT2D eigenvalue weighted by atomic mass is 32.2. The third-order valence-corrected chi connectivity index (χ3v) is 7.97. The second kappa shape index (κ2) is 8.90. The Morgan fingerprint density at radius 2 is 1.58 bits per heavy atom. The standard InChI is InChI=1S/C23H17F2NO2S3/c1-31(27,28)20-11-7-16(8-12-20)21-22(17-5-9-18(24)10-6-17)30-23(26-21)29-14-15-3-2-4-19(25)13-15/h2-13H,14H2,1H3. The van der Waals surface area contributed by atoms with Crippen LogP contribution < -0.4 is 0 Å². The average molecular weight is 474 g/mol. The zero-order valence-electron chi connectivity index (χ0n) is 16.4. The second-order valence-electron chi connectivity index (χ2n) is 6.88. The Kier molecular flexibility index (Phi) is 6.22. The maximum absolute atomic E-state index is 13.5. The molecule has 0 bridgehead atoms. The van der Waals surface area contributed by atoms with Crippen molar-refractivity contribution in [3.63, 3.8) is 0 Å². The molecule has 31 heavy (non-hydrogen) atoms. The van der Waals surface area contributed by atoms with Gasteiger partial charge in [-0.25, -0.2) is 22.2 Å². The Bertz CT molecular complexity index is 1320. The summed E-state index contributed by atoms with van der Waals surface area (Å²) in [5.41, 5.74) is 3.13. The molecule has 0 radical (unpaired) electrons. The van der Waals surface area contributed by atoms with Crippen molar-refractivity contribution in [3.05, 3.63) is 90.0 Å². The molecule has 0 spiro atoms. The third-order valence-electron chi connectivity index (χ3n) is 4.52. The molecule has 0 amide bonds. The monoisotopic (exact) mass is 473 g/mol.